The number of benzene rings is 1. The van der Waals surface area contributed by atoms with Gasteiger partial charge in [0.1, 0.15) is 5.65 Å². The molecule has 6 nitrogen and oxygen atoms in total. The second kappa shape index (κ2) is 6.29. The molecule has 1 aliphatic heterocycles. The van der Waals surface area contributed by atoms with E-state index in [0.717, 1.165) is 16.9 Å². The summed E-state index contributed by atoms with van der Waals surface area (Å²) in [6.45, 7) is 4.42. The number of nitrogens with zero attached hydrogens (tertiary/aromatic N) is 3. The maximum Gasteiger partial charge on any atom is 0.258 e. The van der Waals surface area contributed by atoms with Gasteiger partial charge in [-0.25, -0.2) is 4.98 Å². The van der Waals surface area contributed by atoms with Crippen molar-refractivity contribution < 1.29 is 4.79 Å². The number of nitrogens with one attached hydrogen (secondary N) is 1. The lowest BCUT2D eigenvalue weighted by molar-refractivity contribution is -0.116. The minimum absolute atomic E-state index is 0.00391. The maximum atomic E-state index is 12.5. The zero-order chi connectivity index (χ0) is 18.3. The average Bonchev–Trinajstić information content (AvgIpc) is 2.72. The summed E-state index contributed by atoms with van der Waals surface area (Å²) in [6, 6.07) is 13.1. The Morgan fingerprint density at radius 3 is 2.85 bits per heavy atom. The second-order valence-corrected chi connectivity index (χ2v) is 6.72. The number of rotatable bonds is 2. The summed E-state index contributed by atoms with van der Waals surface area (Å²) in [5.74, 6) is -0.00478. The van der Waals surface area contributed by atoms with E-state index < -0.39 is 0 Å². The van der Waals surface area contributed by atoms with Gasteiger partial charge in [0.05, 0.1) is 23.6 Å². The molecule has 1 aliphatic rings. The molecule has 0 saturated heterocycles. The quantitative estimate of drug-likeness (QED) is 0.773. The van der Waals surface area contributed by atoms with E-state index in [-0.39, 0.29) is 17.5 Å². The number of pyridine rings is 1. The highest BCUT2D eigenvalue weighted by Gasteiger charge is 2.25. The van der Waals surface area contributed by atoms with Crippen molar-refractivity contribution >= 4 is 22.9 Å². The Balaban J connectivity index is 1.79. The number of para-hydroxylation sites is 2. The van der Waals surface area contributed by atoms with Crippen molar-refractivity contribution in [3.63, 3.8) is 0 Å². The fourth-order valence-corrected chi connectivity index (χ4v) is 3.45. The summed E-state index contributed by atoms with van der Waals surface area (Å²) in [4.78, 5) is 31.4. The predicted octanol–water partition coefficient (Wildman–Crippen LogP) is 2.74. The number of hydrogen-bond acceptors (Lipinski definition) is 4. The van der Waals surface area contributed by atoms with Crippen molar-refractivity contribution in [2.45, 2.75) is 32.9 Å². The normalized spacial score (nSPS) is 16.9. The lowest BCUT2D eigenvalue weighted by Gasteiger charge is -2.29. The van der Waals surface area contributed by atoms with E-state index >= 15 is 0 Å². The van der Waals surface area contributed by atoms with E-state index in [1.54, 1.807) is 16.7 Å². The maximum absolute atomic E-state index is 12.5. The zero-order valence-electron chi connectivity index (χ0n) is 14.8. The molecule has 132 valence electrons. The van der Waals surface area contributed by atoms with Gasteiger partial charge in [-0.2, -0.15) is 0 Å². The van der Waals surface area contributed by atoms with Crippen LogP contribution in [0.15, 0.2) is 53.5 Å². The molecule has 3 aromatic rings. The molecule has 0 saturated carbocycles. The van der Waals surface area contributed by atoms with E-state index in [4.69, 9.17) is 4.98 Å². The van der Waals surface area contributed by atoms with Crippen LogP contribution in [-0.4, -0.2) is 21.3 Å². The second-order valence-electron chi connectivity index (χ2n) is 6.72. The van der Waals surface area contributed by atoms with Crippen molar-refractivity contribution in [1.29, 1.82) is 0 Å². The van der Waals surface area contributed by atoms with Gasteiger partial charge >= 0.3 is 0 Å². The van der Waals surface area contributed by atoms with Gasteiger partial charge in [0, 0.05) is 24.7 Å². The molecule has 6 heteroatoms. The molecule has 0 radical (unpaired) electrons. The van der Waals surface area contributed by atoms with Crippen LogP contribution in [0, 0.1) is 6.92 Å². The van der Waals surface area contributed by atoms with Crippen LogP contribution in [0.3, 0.4) is 0 Å². The molecule has 0 aliphatic carbocycles. The van der Waals surface area contributed by atoms with Gasteiger partial charge in [-0.05, 0) is 37.6 Å². The van der Waals surface area contributed by atoms with E-state index in [0.29, 0.717) is 24.3 Å². The minimum Gasteiger partial charge on any atom is -0.361 e. The topological polar surface area (TPSA) is 66.7 Å². The van der Waals surface area contributed by atoms with Crippen LogP contribution in [0.1, 0.15) is 24.6 Å². The number of hydrogen-bond donors (Lipinski definition) is 1. The average molecular weight is 348 g/mol. The van der Waals surface area contributed by atoms with Gasteiger partial charge in [0.2, 0.25) is 5.91 Å². The Kier molecular flexibility index (Phi) is 3.95. The van der Waals surface area contributed by atoms with Gasteiger partial charge in [0.25, 0.3) is 5.56 Å². The smallest absolute Gasteiger partial charge is 0.258 e. The van der Waals surface area contributed by atoms with Crippen molar-refractivity contribution in [3.8, 4) is 0 Å². The first-order valence-corrected chi connectivity index (χ1v) is 8.66. The molecule has 1 aromatic carbocycles. The van der Waals surface area contributed by atoms with Gasteiger partial charge in [-0.15, -0.1) is 0 Å². The van der Waals surface area contributed by atoms with Crippen LogP contribution in [0.25, 0.3) is 5.65 Å². The first kappa shape index (κ1) is 16.3. The zero-order valence-corrected chi connectivity index (χ0v) is 14.8. The third-order valence-electron chi connectivity index (χ3n) is 4.77. The number of carbonyl (C=O) groups excluding carboxylic acids is 1. The van der Waals surface area contributed by atoms with Gasteiger partial charge in [0.15, 0.2) is 0 Å². The first-order valence-electron chi connectivity index (χ1n) is 8.66. The van der Waals surface area contributed by atoms with Gasteiger partial charge in [-0.3, -0.25) is 14.0 Å². The standard InChI is InChI=1S/C20H20N4O2/c1-13-6-5-9-23-19(26)11-15(21-20(13)23)12-24-14(2)10-18(25)22-16-7-3-4-8-17(16)24/h3-9,11,14H,10,12H2,1-2H3,(H,22,25). The molecule has 1 N–H and O–H groups in total. The number of anilines is 2. The number of fused-ring (bicyclic) bond motifs is 2. The lowest BCUT2D eigenvalue weighted by atomic mass is 10.1. The summed E-state index contributed by atoms with van der Waals surface area (Å²) < 4.78 is 1.56. The molecule has 0 spiro atoms. The molecule has 1 atom stereocenters. The van der Waals surface area contributed by atoms with E-state index in [2.05, 4.69) is 10.2 Å². The molecule has 0 bridgehead atoms. The Bertz CT molecular complexity index is 1060. The summed E-state index contributed by atoms with van der Waals surface area (Å²) in [5.41, 5.74) is 3.94. The highest BCUT2D eigenvalue weighted by atomic mass is 16.1. The van der Waals surface area contributed by atoms with Crippen molar-refractivity contribution in [2.75, 3.05) is 10.2 Å². The number of aromatic nitrogens is 2. The molecular weight excluding hydrogens is 328 g/mol. The van der Waals surface area contributed by atoms with Crippen LogP contribution in [0.2, 0.25) is 0 Å². The minimum atomic E-state index is -0.0985. The molecule has 0 fully saturated rings. The van der Waals surface area contributed by atoms with E-state index in [1.807, 2.05) is 50.2 Å². The number of amides is 1. The Morgan fingerprint density at radius 1 is 1.19 bits per heavy atom. The van der Waals surface area contributed by atoms with Crippen LogP contribution < -0.4 is 15.8 Å². The molecule has 1 unspecified atom stereocenters. The molecule has 1 amide bonds. The Morgan fingerprint density at radius 2 is 2.00 bits per heavy atom. The fraction of sp³-hybridized carbons (Fsp3) is 0.250. The molecule has 3 heterocycles. The fourth-order valence-electron chi connectivity index (χ4n) is 3.45. The van der Waals surface area contributed by atoms with Crippen molar-refractivity contribution in [2.24, 2.45) is 0 Å². The molecule has 4 rings (SSSR count). The third-order valence-corrected chi connectivity index (χ3v) is 4.77. The summed E-state index contributed by atoms with van der Waals surface area (Å²) in [6.07, 6.45) is 2.12. The number of carbonyl (C=O) groups is 1. The Hall–Kier alpha value is -3.15. The highest BCUT2D eigenvalue weighted by molar-refractivity contribution is 5.96. The molecule has 26 heavy (non-hydrogen) atoms. The summed E-state index contributed by atoms with van der Waals surface area (Å²) in [5, 5.41) is 2.95. The van der Waals surface area contributed by atoms with E-state index in [9.17, 15) is 9.59 Å². The number of aryl methyl sites for hydroxylation is 1. The van der Waals surface area contributed by atoms with Crippen molar-refractivity contribution in [1.82, 2.24) is 9.38 Å². The summed E-state index contributed by atoms with van der Waals surface area (Å²) in [7, 11) is 0. The van der Waals surface area contributed by atoms with Crippen LogP contribution in [0.4, 0.5) is 11.4 Å². The van der Waals surface area contributed by atoms with Crippen LogP contribution in [-0.2, 0) is 11.3 Å². The SMILES string of the molecule is Cc1cccn2c(=O)cc(CN3c4ccccc4NC(=O)CC3C)nc12. The van der Waals surface area contributed by atoms with Gasteiger partial charge < -0.3 is 10.2 Å². The largest absolute Gasteiger partial charge is 0.361 e. The molecular formula is C20H20N4O2. The summed E-state index contributed by atoms with van der Waals surface area (Å²) >= 11 is 0. The van der Waals surface area contributed by atoms with Crippen LogP contribution >= 0.6 is 0 Å². The van der Waals surface area contributed by atoms with Gasteiger partial charge in [-0.1, -0.05) is 18.2 Å². The van der Waals surface area contributed by atoms with Crippen molar-refractivity contribution in [3.05, 3.63) is 70.3 Å². The predicted molar refractivity (Wildman–Crippen MR) is 102 cm³/mol. The Labute approximate surface area is 151 Å². The monoisotopic (exact) mass is 348 g/mol. The third kappa shape index (κ3) is 2.83. The first-order chi connectivity index (χ1) is 12.5. The van der Waals surface area contributed by atoms with Crippen LogP contribution in [0.5, 0.6) is 0 Å². The lowest BCUT2D eigenvalue weighted by Crippen LogP contribution is -2.34. The highest BCUT2D eigenvalue weighted by Crippen LogP contribution is 2.32. The van der Waals surface area contributed by atoms with E-state index in [1.165, 1.54) is 0 Å². The molecule has 2 aromatic heterocycles.